The number of hydrogen-bond donors (Lipinski definition) is 3. The number of aromatic nitrogens is 4. The predicted octanol–water partition coefficient (Wildman–Crippen LogP) is 4.66. The maximum atomic E-state index is 13.0. The summed E-state index contributed by atoms with van der Waals surface area (Å²) in [6.45, 7) is 4.90. The highest BCUT2D eigenvalue weighted by Crippen LogP contribution is 2.20. The molecule has 0 spiro atoms. The van der Waals surface area contributed by atoms with Gasteiger partial charge in [-0.1, -0.05) is 53.6 Å². The summed E-state index contributed by atoms with van der Waals surface area (Å²) in [7, 11) is -3.10. The molecule has 2 heterocycles. The summed E-state index contributed by atoms with van der Waals surface area (Å²) in [5, 5.41) is 9.54. The lowest BCUT2D eigenvalue weighted by molar-refractivity contribution is -0.115. The molecule has 0 saturated carbocycles. The molecule has 10 nitrogen and oxygen atoms in total. The molecule has 42 heavy (non-hydrogen) atoms. The first kappa shape index (κ1) is 28.9. The van der Waals surface area contributed by atoms with Crippen LogP contribution in [0.2, 0.25) is 0 Å². The van der Waals surface area contributed by atoms with Gasteiger partial charge in [0.25, 0.3) is 0 Å². The number of sulfone groups is 1. The van der Waals surface area contributed by atoms with E-state index in [1.807, 2.05) is 60.9 Å². The van der Waals surface area contributed by atoms with Crippen LogP contribution in [0.3, 0.4) is 0 Å². The molecule has 0 saturated heterocycles. The number of rotatable bonds is 11. The summed E-state index contributed by atoms with van der Waals surface area (Å²) < 4.78 is 25.0. The van der Waals surface area contributed by atoms with Gasteiger partial charge >= 0.3 is 0 Å². The lowest BCUT2D eigenvalue weighted by Gasteiger charge is -2.12. The zero-order chi connectivity index (χ0) is 29.7. The minimum atomic E-state index is -3.10. The van der Waals surface area contributed by atoms with Crippen LogP contribution in [0.5, 0.6) is 0 Å². The second-order valence-electron chi connectivity index (χ2n) is 10.4. The van der Waals surface area contributed by atoms with Crippen molar-refractivity contribution in [1.82, 2.24) is 24.8 Å². The number of anilines is 3. The first-order valence-electron chi connectivity index (χ1n) is 13.5. The number of carbonyl (C=O) groups excluding carboxylic acids is 1. The topological polar surface area (TPSA) is 131 Å². The van der Waals surface area contributed by atoms with Crippen LogP contribution in [0, 0.1) is 13.8 Å². The van der Waals surface area contributed by atoms with Crippen molar-refractivity contribution < 1.29 is 13.2 Å². The second kappa shape index (κ2) is 12.5. The van der Waals surface area contributed by atoms with E-state index in [4.69, 9.17) is 0 Å². The predicted molar refractivity (Wildman–Crippen MR) is 165 cm³/mol. The molecule has 0 radical (unpaired) electrons. The molecule has 0 atom stereocenters. The Bertz CT molecular complexity index is 1810. The van der Waals surface area contributed by atoms with Crippen LogP contribution in [-0.4, -0.2) is 40.1 Å². The number of para-hydroxylation sites is 2. The minimum absolute atomic E-state index is 0.00501. The third-order valence-corrected chi connectivity index (χ3v) is 7.34. The van der Waals surface area contributed by atoms with E-state index in [1.165, 1.54) is 6.26 Å². The molecular weight excluding hydrogens is 550 g/mol. The van der Waals surface area contributed by atoms with Crippen LogP contribution >= 0.6 is 0 Å². The number of aryl methyl sites for hydroxylation is 2. The molecule has 216 valence electrons. The molecule has 3 aromatic carbocycles. The van der Waals surface area contributed by atoms with Crippen molar-refractivity contribution in [3.63, 3.8) is 0 Å². The highest BCUT2D eigenvalue weighted by Gasteiger charge is 2.14. The van der Waals surface area contributed by atoms with Crippen molar-refractivity contribution in [2.45, 2.75) is 39.2 Å². The number of imidazole rings is 1. The van der Waals surface area contributed by atoms with Gasteiger partial charge < -0.3 is 5.32 Å². The Hall–Kier alpha value is -4.61. The van der Waals surface area contributed by atoms with Crippen LogP contribution < -0.4 is 16.0 Å². The Morgan fingerprint density at radius 2 is 1.64 bits per heavy atom. The van der Waals surface area contributed by atoms with Crippen LogP contribution in [0.15, 0.2) is 79.0 Å². The number of fused-ring (bicyclic) bond motifs is 1. The van der Waals surface area contributed by atoms with Gasteiger partial charge in [0.15, 0.2) is 9.84 Å². The fourth-order valence-corrected chi connectivity index (χ4v) is 5.62. The van der Waals surface area contributed by atoms with Crippen molar-refractivity contribution in [3.05, 3.63) is 107 Å². The Morgan fingerprint density at radius 3 is 2.38 bits per heavy atom. The van der Waals surface area contributed by atoms with Crippen LogP contribution in [0.25, 0.3) is 11.0 Å². The smallest absolute Gasteiger partial charge is 0.231 e. The van der Waals surface area contributed by atoms with Gasteiger partial charge in [0.05, 0.1) is 35.6 Å². The van der Waals surface area contributed by atoms with E-state index in [9.17, 15) is 13.2 Å². The number of amides is 1. The molecule has 5 aromatic rings. The molecule has 0 aliphatic rings. The number of carbonyl (C=O) groups is 1. The van der Waals surface area contributed by atoms with Gasteiger partial charge in [0.2, 0.25) is 17.8 Å². The molecule has 0 unspecified atom stereocenters. The maximum Gasteiger partial charge on any atom is 0.231 e. The number of benzene rings is 3. The summed E-state index contributed by atoms with van der Waals surface area (Å²) in [4.78, 5) is 26.5. The third-order valence-electron chi connectivity index (χ3n) is 6.48. The highest BCUT2D eigenvalue weighted by atomic mass is 32.2. The first-order chi connectivity index (χ1) is 20.1. The van der Waals surface area contributed by atoms with E-state index in [2.05, 4.69) is 37.0 Å². The maximum absolute atomic E-state index is 13.0. The molecule has 11 heteroatoms. The van der Waals surface area contributed by atoms with Crippen molar-refractivity contribution >= 4 is 44.4 Å². The lowest BCUT2D eigenvalue weighted by atomic mass is 10.0. The molecule has 0 fully saturated rings. The van der Waals surface area contributed by atoms with E-state index in [1.54, 1.807) is 30.5 Å². The standard InChI is InChI=1S/C31H33N7O3S/c1-21-14-22(2)16-24(15-21)17-29(39)37-31-36-27-6-4-5-7-28(27)38(31)20-32-18-26-12-13-33-30(35-26)34-25-10-8-23(9-11-25)19-42(3,40)41/h4-16,32H,17-20H2,1-3H3,(H,33,34,35)(H,36,37,39). The fourth-order valence-electron chi connectivity index (χ4n) is 4.82. The minimum Gasteiger partial charge on any atom is -0.324 e. The van der Waals surface area contributed by atoms with E-state index in [-0.39, 0.29) is 18.1 Å². The van der Waals surface area contributed by atoms with Gasteiger partial charge in [-0.25, -0.2) is 23.4 Å². The molecule has 3 N–H and O–H groups in total. The Morgan fingerprint density at radius 1 is 0.905 bits per heavy atom. The fraction of sp³-hybridized carbons (Fsp3) is 0.226. The number of nitrogens with one attached hydrogen (secondary N) is 3. The zero-order valence-corrected chi connectivity index (χ0v) is 24.6. The molecule has 0 aliphatic heterocycles. The second-order valence-corrected chi connectivity index (χ2v) is 12.6. The SMILES string of the molecule is Cc1cc(C)cc(CC(=O)Nc2nc3ccccc3n2CNCc2ccnc(Nc3ccc(CS(C)(=O)=O)cc3)n2)c1. The summed E-state index contributed by atoms with van der Waals surface area (Å²) in [6, 6.07) is 22.8. The largest absolute Gasteiger partial charge is 0.324 e. The lowest BCUT2D eigenvalue weighted by Crippen LogP contribution is -2.23. The van der Waals surface area contributed by atoms with Crippen molar-refractivity contribution in [3.8, 4) is 0 Å². The zero-order valence-electron chi connectivity index (χ0n) is 23.8. The van der Waals surface area contributed by atoms with E-state index in [0.29, 0.717) is 25.1 Å². The molecule has 0 bridgehead atoms. The Kier molecular flexibility index (Phi) is 8.60. The van der Waals surface area contributed by atoms with Gasteiger partial charge in [-0.05, 0) is 55.3 Å². The molecule has 1 amide bonds. The van der Waals surface area contributed by atoms with Crippen LogP contribution in [-0.2, 0) is 40.0 Å². The van der Waals surface area contributed by atoms with Gasteiger partial charge in [0.1, 0.15) is 0 Å². The molecule has 0 aliphatic carbocycles. The molecule has 2 aromatic heterocycles. The Balaban J connectivity index is 1.23. The molecule has 5 rings (SSSR count). The van der Waals surface area contributed by atoms with Crippen LogP contribution in [0.4, 0.5) is 17.6 Å². The third kappa shape index (κ3) is 7.77. The average molecular weight is 584 g/mol. The number of nitrogens with zero attached hydrogens (tertiary/aromatic N) is 4. The van der Waals surface area contributed by atoms with E-state index in [0.717, 1.165) is 44.7 Å². The van der Waals surface area contributed by atoms with Gasteiger partial charge in [-0.15, -0.1) is 0 Å². The Labute approximate surface area is 245 Å². The van der Waals surface area contributed by atoms with E-state index >= 15 is 0 Å². The first-order valence-corrected chi connectivity index (χ1v) is 15.6. The molecular formula is C31H33N7O3S. The van der Waals surface area contributed by atoms with Gasteiger partial charge in [0, 0.05) is 24.7 Å². The average Bonchev–Trinajstić information content (AvgIpc) is 3.25. The van der Waals surface area contributed by atoms with Crippen molar-refractivity contribution in [2.24, 2.45) is 0 Å². The summed E-state index contributed by atoms with van der Waals surface area (Å²) in [5.74, 6) is 0.766. The van der Waals surface area contributed by atoms with Gasteiger partial charge in [-0.3, -0.25) is 20.0 Å². The monoisotopic (exact) mass is 583 g/mol. The highest BCUT2D eigenvalue weighted by molar-refractivity contribution is 7.89. The normalized spacial score (nSPS) is 11.5. The summed E-state index contributed by atoms with van der Waals surface area (Å²) >= 11 is 0. The van der Waals surface area contributed by atoms with Crippen molar-refractivity contribution in [2.75, 3.05) is 16.9 Å². The quantitative estimate of drug-likeness (QED) is 0.205. The summed E-state index contributed by atoms with van der Waals surface area (Å²) in [6.07, 6.45) is 3.15. The number of hydrogen-bond acceptors (Lipinski definition) is 8. The van der Waals surface area contributed by atoms with E-state index < -0.39 is 9.84 Å². The summed E-state index contributed by atoms with van der Waals surface area (Å²) in [5.41, 5.74) is 7.14. The van der Waals surface area contributed by atoms with Crippen molar-refractivity contribution in [1.29, 1.82) is 0 Å². The van der Waals surface area contributed by atoms with Crippen LogP contribution in [0.1, 0.15) is 27.9 Å². The van der Waals surface area contributed by atoms with Gasteiger partial charge in [-0.2, -0.15) is 0 Å².